The summed E-state index contributed by atoms with van der Waals surface area (Å²) in [6, 6.07) is 10.6. The van der Waals surface area contributed by atoms with Crippen LogP contribution in [-0.2, 0) is 13.1 Å². The van der Waals surface area contributed by atoms with Crippen molar-refractivity contribution in [3.05, 3.63) is 47.0 Å². The van der Waals surface area contributed by atoms with Gasteiger partial charge in [-0.3, -0.25) is 9.69 Å². The molecule has 1 saturated carbocycles. The van der Waals surface area contributed by atoms with Crippen LogP contribution in [0.1, 0.15) is 47.2 Å². The van der Waals surface area contributed by atoms with Crippen molar-refractivity contribution in [3.8, 4) is 0 Å². The largest absolute Gasteiger partial charge is 0.391 e. The maximum atomic E-state index is 13.4. The summed E-state index contributed by atoms with van der Waals surface area (Å²) in [5.41, 5.74) is 3.25. The minimum absolute atomic E-state index is 0.0384. The summed E-state index contributed by atoms with van der Waals surface area (Å²) < 4.78 is 0. The molecule has 0 aromatic heterocycles. The third-order valence-corrected chi connectivity index (χ3v) is 7.15. The fraction of sp³-hybridized carbons (Fsp3) is 0.542. The molecular weight excluding hydrogens is 362 g/mol. The van der Waals surface area contributed by atoms with Gasteiger partial charge in [0.1, 0.15) is 0 Å². The van der Waals surface area contributed by atoms with Crippen LogP contribution in [0, 0.1) is 0 Å². The zero-order chi connectivity index (χ0) is 20.0. The average molecular weight is 394 g/mol. The fourth-order valence-electron chi connectivity index (χ4n) is 5.37. The number of benzene rings is 2. The third-order valence-electron chi connectivity index (χ3n) is 7.15. The van der Waals surface area contributed by atoms with Gasteiger partial charge in [0.05, 0.1) is 12.1 Å². The molecule has 2 fully saturated rings. The van der Waals surface area contributed by atoms with Crippen molar-refractivity contribution in [3.63, 3.8) is 0 Å². The summed E-state index contributed by atoms with van der Waals surface area (Å²) in [7, 11) is 2.18. The van der Waals surface area contributed by atoms with Gasteiger partial charge < -0.3 is 14.9 Å². The molecule has 154 valence electrons. The number of piperazine rings is 1. The van der Waals surface area contributed by atoms with Gasteiger partial charge in [0.2, 0.25) is 0 Å². The molecule has 1 aliphatic carbocycles. The summed E-state index contributed by atoms with van der Waals surface area (Å²) in [5.74, 6) is 0.108. The highest BCUT2D eigenvalue weighted by Crippen LogP contribution is 2.36. The Labute approximate surface area is 172 Å². The van der Waals surface area contributed by atoms with Gasteiger partial charge in [-0.2, -0.15) is 0 Å². The summed E-state index contributed by atoms with van der Waals surface area (Å²) in [4.78, 5) is 20.2. The van der Waals surface area contributed by atoms with Crippen molar-refractivity contribution in [2.45, 2.75) is 50.9 Å². The molecule has 1 N–H and O–H groups in total. The lowest BCUT2D eigenvalue weighted by Crippen LogP contribution is -2.45. The quantitative estimate of drug-likeness (QED) is 0.871. The normalized spacial score (nSPS) is 26.3. The predicted octanol–water partition coefficient (Wildman–Crippen LogP) is 2.85. The Morgan fingerprint density at radius 3 is 2.52 bits per heavy atom. The first-order valence-electron chi connectivity index (χ1n) is 11.1. The number of rotatable bonds is 3. The topological polar surface area (TPSA) is 47.0 Å². The van der Waals surface area contributed by atoms with Crippen LogP contribution in [0.2, 0.25) is 0 Å². The summed E-state index contributed by atoms with van der Waals surface area (Å²) in [5, 5.41) is 13.0. The van der Waals surface area contributed by atoms with Crippen LogP contribution in [-0.4, -0.2) is 71.1 Å². The van der Waals surface area contributed by atoms with Crippen LogP contribution in [0.4, 0.5) is 0 Å². The molecule has 1 saturated heterocycles. The molecule has 2 heterocycles. The van der Waals surface area contributed by atoms with Gasteiger partial charge in [-0.1, -0.05) is 37.1 Å². The van der Waals surface area contributed by atoms with Gasteiger partial charge in [0.15, 0.2) is 0 Å². The number of aliphatic hydroxyl groups is 1. The molecule has 3 aliphatic rings. The van der Waals surface area contributed by atoms with E-state index in [2.05, 4.69) is 47.2 Å². The molecule has 1 amide bonds. The number of fused-ring (bicyclic) bond motifs is 3. The summed E-state index contributed by atoms with van der Waals surface area (Å²) in [6.45, 7) is 5.84. The SMILES string of the molecule is CN1CCN(Cc2cc3c(c4ccccc24)CN(C2CCCCC2O)C3=O)CC1. The lowest BCUT2D eigenvalue weighted by molar-refractivity contribution is 0.0192. The summed E-state index contributed by atoms with van der Waals surface area (Å²) in [6.07, 6.45) is 3.48. The minimum atomic E-state index is -0.391. The second-order valence-corrected chi connectivity index (χ2v) is 9.04. The van der Waals surface area contributed by atoms with Crippen molar-refractivity contribution >= 4 is 16.7 Å². The van der Waals surface area contributed by atoms with Crippen molar-refractivity contribution in [1.29, 1.82) is 0 Å². The number of carbonyl (C=O) groups excluding carboxylic acids is 1. The van der Waals surface area contributed by atoms with E-state index < -0.39 is 6.10 Å². The highest BCUT2D eigenvalue weighted by Gasteiger charge is 2.38. The van der Waals surface area contributed by atoms with Crippen molar-refractivity contribution in [1.82, 2.24) is 14.7 Å². The molecular formula is C24H31N3O2. The van der Waals surface area contributed by atoms with E-state index in [-0.39, 0.29) is 11.9 Å². The van der Waals surface area contributed by atoms with E-state index in [1.807, 2.05) is 4.90 Å². The first-order valence-corrected chi connectivity index (χ1v) is 11.1. The molecule has 29 heavy (non-hydrogen) atoms. The van der Waals surface area contributed by atoms with E-state index in [0.717, 1.165) is 69.5 Å². The Hall–Kier alpha value is -1.95. The second kappa shape index (κ2) is 7.71. The highest BCUT2D eigenvalue weighted by molar-refractivity contribution is 6.05. The van der Waals surface area contributed by atoms with E-state index in [1.54, 1.807) is 0 Å². The molecule has 5 nitrogen and oxygen atoms in total. The Kier molecular flexibility index (Phi) is 5.06. The average Bonchev–Trinajstić information content (AvgIpc) is 3.07. The predicted molar refractivity (Wildman–Crippen MR) is 115 cm³/mol. The van der Waals surface area contributed by atoms with E-state index in [1.165, 1.54) is 16.3 Å². The summed E-state index contributed by atoms with van der Waals surface area (Å²) >= 11 is 0. The van der Waals surface area contributed by atoms with Crippen LogP contribution in [0.25, 0.3) is 10.8 Å². The second-order valence-electron chi connectivity index (χ2n) is 9.04. The Bertz CT molecular complexity index is 920. The maximum absolute atomic E-state index is 13.4. The molecule has 0 radical (unpaired) electrons. The number of hydrogen-bond donors (Lipinski definition) is 1. The zero-order valence-electron chi connectivity index (χ0n) is 17.3. The van der Waals surface area contributed by atoms with Gasteiger partial charge in [-0.25, -0.2) is 0 Å². The first kappa shape index (κ1) is 19.0. The van der Waals surface area contributed by atoms with Crippen LogP contribution in [0.5, 0.6) is 0 Å². The standard InChI is InChI=1S/C24H31N3O2/c1-25-10-12-26(13-11-25)15-17-14-20-21(19-7-3-2-6-18(17)19)16-27(24(20)29)22-8-4-5-9-23(22)28/h2-3,6-7,14,22-23,28H,4-5,8-13,15-16H2,1H3. The van der Waals surface area contributed by atoms with Gasteiger partial charge in [-0.05, 0) is 47.9 Å². The zero-order valence-corrected chi connectivity index (χ0v) is 17.3. The smallest absolute Gasteiger partial charge is 0.254 e. The van der Waals surface area contributed by atoms with Gasteiger partial charge in [-0.15, -0.1) is 0 Å². The van der Waals surface area contributed by atoms with Crippen molar-refractivity contribution in [2.75, 3.05) is 33.2 Å². The van der Waals surface area contributed by atoms with Crippen LogP contribution < -0.4 is 0 Å². The number of amides is 1. The van der Waals surface area contributed by atoms with Gasteiger partial charge >= 0.3 is 0 Å². The molecule has 2 unspecified atom stereocenters. The number of nitrogens with zero attached hydrogens (tertiary/aromatic N) is 3. The van der Waals surface area contributed by atoms with Gasteiger partial charge in [0, 0.05) is 44.8 Å². The molecule has 0 spiro atoms. The van der Waals surface area contributed by atoms with E-state index >= 15 is 0 Å². The van der Waals surface area contributed by atoms with E-state index in [9.17, 15) is 9.90 Å². The molecule has 0 bridgehead atoms. The monoisotopic (exact) mass is 393 g/mol. The Balaban J connectivity index is 1.49. The van der Waals surface area contributed by atoms with Crippen LogP contribution in [0.15, 0.2) is 30.3 Å². The lowest BCUT2D eigenvalue weighted by Gasteiger charge is -2.35. The maximum Gasteiger partial charge on any atom is 0.254 e. The fourth-order valence-corrected chi connectivity index (χ4v) is 5.37. The van der Waals surface area contributed by atoms with E-state index in [0.29, 0.717) is 6.54 Å². The number of likely N-dealkylation sites (N-methyl/N-ethyl adjacent to an activating group) is 1. The molecule has 2 aromatic rings. The molecule has 5 rings (SSSR count). The molecule has 2 atom stereocenters. The van der Waals surface area contributed by atoms with Gasteiger partial charge in [0.25, 0.3) is 5.91 Å². The van der Waals surface area contributed by atoms with Crippen LogP contribution >= 0.6 is 0 Å². The first-order chi connectivity index (χ1) is 14.1. The number of aliphatic hydroxyl groups excluding tert-OH is 1. The Morgan fingerprint density at radius 1 is 1.03 bits per heavy atom. The van der Waals surface area contributed by atoms with Crippen molar-refractivity contribution < 1.29 is 9.90 Å². The molecule has 2 aromatic carbocycles. The molecule has 5 heteroatoms. The number of hydrogen-bond acceptors (Lipinski definition) is 4. The molecule has 2 aliphatic heterocycles. The Morgan fingerprint density at radius 2 is 1.76 bits per heavy atom. The highest BCUT2D eigenvalue weighted by atomic mass is 16.3. The van der Waals surface area contributed by atoms with Crippen molar-refractivity contribution in [2.24, 2.45) is 0 Å². The van der Waals surface area contributed by atoms with E-state index in [4.69, 9.17) is 0 Å². The third kappa shape index (κ3) is 3.45. The minimum Gasteiger partial charge on any atom is -0.391 e. The lowest BCUT2D eigenvalue weighted by atomic mass is 9.91. The number of carbonyl (C=O) groups is 1. The van der Waals surface area contributed by atoms with Crippen LogP contribution in [0.3, 0.4) is 0 Å².